The van der Waals surface area contributed by atoms with Gasteiger partial charge in [0.15, 0.2) is 0 Å². The SMILES string of the molecule is O=C(NCCCN1CCOCC1)NCc1cccc(F)c1. The maximum absolute atomic E-state index is 13.0. The van der Waals surface area contributed by atoms with Crippen molar-refractivity contribution in [3.8, 4) is 0 Å². The first-order valence-corrected chi connectivity index (χ1v) is 7.30. The summed E-state index contributed by atoms with van der Waals surface area (Å²) in [6.07, 6.45) is 0.910. The Morgan fingerprint density at radius 2 is 2.10 bits per heavy atom. The number of nitrogens with zero attached hydrogens (tertiary/aromatic N) is 1. The van der Waals surface area contributed by atoms with Gasteiger partial charge in [0, 0.05) is 26.2 Å². The first-order valence-electron chi connectivity index (χ1n) is 7.30. The van der Waals surface area contributed by atoms with E-state index in [2.05, 4.69) is 15.5 Å². The Bertz CT molecular complexity index is 450. The van der Waals surface area contributed by atoms with Crippen molar-refractivity contribution < 1.29 is 13.9 Å². The lowest BCUT2D eigenvalue weighted by molar-refractivity contribution is 0.0375. The Balaban J connectivity index is 1.55. The maximum atomic E-state index is 13.0. The van der Waals surface area contributed by atoms with E-state index >= 15 is 0 Å². The Morgan fingerprint density at radius 3 is 2.86 bits per heavy atom. The Kier molecular flexibility index (Phi) is 6.43. The second kappa shape index (κ2) is 8.59. The van der Waals surface area contributed by atoms with Crippen molar-refractivity contribution in [2.75, 3.05) is 39.4 Å². The van der Waals surface area contributed by atoms with Crippen molar-refractivity contribution in [1.82, 2.24) is 15.5 Å². The van der Waals surface area contributed by atoms with Gasteiger partial charge in [-0.2, -0.15) is 0 Å². The van der Waals surface area contributed by atoms with Crippen LogP contribution in [0.2, 0.25) is 0 Å². The molecule has 0 spiro atoms. The number of halogens is 1. The third-order valence-corrected chi connectivity index (χ3v) is 3.38. The number of amides is 2. The molecule has 2 N–H and O–H groups in total. The number of hydrogen-bond donors (Lipinski definition) is 2. The molecule has 6 heteroatoms. The zero-order chi connectivity index (χ0) is 14.9. The minimum absolute atomic E-state index is 0.221. The van der Waals surface area contributed by atoms with E-state index in [1.54, 1.807) is 12.1 Å². The smallest absolute Gasteiger partial charge is 0.315 e. The van der Waals surface area contributed by atoms with Crippen LogP contribution in [0.5, 0.6) is 0 Å². The average Bonchev–Trinajstić information content (AvgIpc) is 2.51. The summed E-state index contributed by atoms with van der Waals surface area (Å²) in [5.41, 5.74) is 0.749. The molecule has 1 aliphatic rings. The van der Waals surface area contributed by atoms with Gasteiger partial charge in [0.05, 0.1) is 13.2 Å². The van der Waals surface area contributed by atoms with Gasteiger partial charge in [0.1, 0.15) is 5.82 Å². The summed E-state index contributed by atoms with van der Waals surface area (Å²) in [6, 6.07) is 5.99. The molecular formula is C15H22FN3O2. The van der Waals surface area contributed by atoms with Gasteiger partial charge in [0.25, 0.3) is 0 Å². The van der Waals surface area contributed by atoms with Crippen molar-refractivity contribution in [2.45, 2.75) is 13.0 Å². The first-order chi connectivity index (χ1) is 10.2. The number of hydrogen-bond acceptors (Lipinski definition) is 3. The number of ether oxygens (including phenoxy) is 1. The second-order valence-corrected chi connectivity index (χ2v) is 5.05. The molecule has 2 rings (SSSR count). The monoisotopic (exact) mass is 295 g/mol. The summed E-state index contributed by atoms with van der Waals surface area (Å²) in [7, 11) is 0. The number of nitrogens with one attached hydrogen (secondary N) is 2. The van der Waals surface area contributed by atoms with E-state index in [-0.39, 0.29) is 11.8 Å². The highest BCUT2D eigenvalue weighted by atomic mass is 19.1. The lowest BCUT2D eigenvalue weighted by Crippen LogP contribution is -2.39. The zero-order valence-electron chi connectivity index (χ0n) is 12.1. The highest BCUT2D eigenvalue weighted by Gasteiger charge is 2.09. The molecule has 0 saturated carbocycles. The number of morpholine rings is 1. The number of rotatable bonds is 6. The van der Waals surface area contributed by atoms with E-state index in [4.69, 9.17) is 4.74 Å². The largest absolute Gasteiger partial charge is 0.379 e. The van der Waals surface area contributed by atoms with E-state index in [0.717, 1.165) is 44.8 Å². The van der Waals surface area contributed by atoms with Gasteiger partial charge < -0.3 is 15.4 Å². The van der Waals surface area contributed by atoms with Crippen LogP contribution in [0.4, 0.5) is 9.18 Å². The Hall–Kier alpha value is -1.66. The van der Waals surface area contributed by atoms with Crippen molar-refractivity contribution in [1.29, 1.82) is 0 Å². The summed E-state index contributed by atoms with van der Waals surface area (Å²) < 4.78 is 18.3. The van der Waals surface area contributed by atoms with Crippen LogP contribution in [0, 0.1) is 5.82 Å². The molecule has 1 heterocycles. The maximum Gasteiger partial charge on any atom is 0.315 e. The van der Waals surface area contributed by atoms with E-state index in [0.29, 0.717) is 13.1 Å². The van der Waals surface area contributed by atoms with Crippen LogP contribution in [-0.2, 0) is 11.3 Å². The van der Waals surface area contributed by atoms with Crippen molar-refractivity contribution >= 4 is 6.03 Å². The highest BCUT2D eigenvalue weighted by molar-refractivity contribution is 5.73. The molecule has 2 amide bonds. The van der Waals surface area contributed by atoms with E-state index in [1.807, 2.05) is 0 Å². The van der Waals surface area contributed by atoms with Gasteiger partial charge in [-0.1, -0.05) is 12.1 Å². The molecule has 1 aromatic carbocycles. The first kappa shape index (κ1) is 15.7. The summed E-state index contributed by atoms with van der Waals surface area (Å²) in [4.78, 5) is 13.9. The van der Waals surface area contributed by atoms with Gasteiger partial charge in [-0.3, -0.25) is 4.90 Å². The quantitative estimate of drug-likeness (QED) is 0.779. The molecule has 0 bridgehead atoms. The average molecular weight is 295 g/mol. The molecule has 116 valence electrons. The van der Waals surface area contributed by atoms with Crippen LogP contribution in [0.15, 0.2) is 24.3 Å². The predicted octanol–water partition coefficient (Wildman–Crippen LogP) is 1.35. The lowest BCUT2D eigenvalue weighted by Gasteiger charge is -2.26. The van der Waals surface area contributed by atoms with Crippen LogP contribution < -0.4 is 10.6 Å². The minimum atomic E-state index is -0.291. The predicted molar refractivity (Wildman–Crippen MR) is 78.5 cm³/mol. The van der Waals surface area contributed by atoms with Crippen LogP contribution >= 0.6 is 0 Å². The lowest BCUT2D eigenvalue weighted by atomic mass is 10.2. The topological polar surface area (TPSA) is 53.6 Å². The Labute approximate surface area is 124 Å². The van der Waals surface area contributed by atoms with Crippen LogP contribution in [0.1, 0.15) is 12.0 Å². The number of carbonyl (C=O) groups excluding carboxylic acids is 1. The molecule has 21 heavy (non-hydrogen) atoms. The number of urea groups is 1. The van der Waals surface area contributed by atoms with Crippen molar-refractivity contribution in [3.05, 3.63) is 35.6 Å². The third kappa shape index (κ3) is 6.10. The molecule has 5 nitrogen and oxygen atoms in total. The fraction of sp³-hybridized carbons (Fsp3) is 0.533. The van der Waals surface area contributed by atoms with Gasteiger partial charge in [-0.15, -0.1) is 0 Å². The molecule has 0 aliphatic carbocycles. The fourth-order valence-corrected chi connectivity index (χ4v) is 2.22. The fourth-order valence-electron chi connectivity index (χ4n) is 2.22. The molecule has 0 aromatic heterocycles. The summed E-state index contributed by atoms with van der Waals surface area (Å²) in [5.74, 6) is -0.291. The van der Waals surface area contributed by atoms with E-state index in [9.17, 15) is 9.18 Å². The molecule has 0 unspecified atom stereocenters. The normalized spacial score (nSPS) is 15.7. The highest BCUT2D eigenvalue weighted by Crippen LogP contribution is 2.02. The molecule has 0 radical (unpaired) electrons. The molecule has 1 fully saturated rings. The molecule has 1 aliphatic heterocycles. The summed E-state index contributed by atoms with van der Waals surface area (Å²) in [5, 5.41) is 5.52. The van der Waals surface area contributed by atoms with Gasteiger partial charge in [-0.25, -0.2) is 9.18 Å². The number of carbonyl (C=O) groups is 1. The van der Waals surface area contributed by atoms with Gasteiger partial charge in [-0.05, 0) is 30.7 Å². The third-order valence-electron chi connectivity index (χ3n) is 3.38. The van der Waals surface area contributed by atoms with Crippen molar-refractivity contribution in [2.24, 2.45) is 0 Å². The van der Waals surface area contributed by atoms with Crippen LogP contribution in [0.3, 0.4) is 0 Å². The van der Waals surface area contributed by atoms with Crippen molar-refractivity contribution in [3.63, 3.8) is 0 Å². The standard InChI is InChI=1S/C15H22FN3O2/c16-14-4-1-3-13(11-14)12-18-15(20)17-5-2-6-19-7-9-21-10-8-19/h1,3-4,11H,2,5-10,12H2,(H2,17,18,20). The van der Waals surface area contributed by atoms with Gasteiger partial charge in [0.2, 0.25) is 0 Å². The van der Waals surface area contributed by atoms with Gasteiger partial charge >= 0.3 is 6.03 Å². The summed E-state index contributed by atoms with van der Waals surface area (Å²) >= 11 is 0. The molecule has 1 saturated heterocycles. The molecule has 1 aromatic rings. The zero-order valence-corrected chi connectivity index (χ0v) is 12.1. The minimum Gasteiger partial charge on any atom is -0.379 e. The molecular weight excluding hydrogens is 273 g/mol. The molecule has 0 atom stereocenters. The van der Waals surface area contributed by atoms with Crippen LogP contribution in [0.25, 0.3) is 0 Å². The Morgan fingerprint density at radius 1 is 1.29 bits per heavy atom. The second-order valence-electron chi connectivity index (χ2n) is 5.05. The van der Waals surface area contributed by atoms with Crippen LogP contribution in [-0.4, -0.2) is 50.3 Å². The van der Waals surface area contributed by atoms with E-state index < -0.39 is 0 Å². The summed E-state index contributed by atoms with van der Waals surface area (Å²) in [6.45, 7) is 5.44. The van der Waals surface area contributed by atoms with E-state index in [1.165, 1.54) is 12.1 Å². The number of benzene rings is 1.